The average molecular weight is 319 g/mol. The zero-order valence-corrected chi connectivity index (χ0v) is 14.2. The van der Waals surface area contributed by atoms with E-state index in [4.69, 9.17) is 0 Å². The summed E-state index contributed by atoms with van der Waals surface area (Å²) >= 11 is 1.73. The number of nitrogens with zero attached hydrogens (tertiary/aromatic N) is 3. The Bertz CT molecular complexity index is 990. The number of imidazole rings is 1. The first-order valence-electron chi connectivity index (χ1n) is 7.61. The van der Waals surface area contributed by atoms with Gasteiger partial charge < -0.3 is 0 Å². The van der Waals surface area contributed by atoms with Crippen LogP contribution in [0.5, 0.6) is 0 Å². The van der Waals surface area contributed by atoms with E-state index in [1.54, 1.807) is 11.3 Å². The number of hydrogen-bond donors (Lipinski definition) is 0. The van der Waals surface area contributed by atoms with E-state index in [2.05, 4.69) is 64.8 Å². The van der Waals surface area contributed by atoms with Gasteiger partial charge in [0.25, 0.3) is 0 Å². The van der Waals surface area contributed by atoms with E-state index in [-0.39, 0.29) is 0 Å². The molecule has 0 saturated carbocycles. The highest BCUT2D eigenvalue weighted by Gasteiger charge is 2.12. The van der Waals surface area contributed by atoms with Crippen molar-refractivity contribution >= 4 is 21.6 Å². The number of aryl methyl sites for hydroxylation is 3. The molecule has 4 aromatic rings. The number of aromatic nitrogens is 3. The Morgan fingerprint density at radius 2 is 1.78 bits per heavy atom. The van der Waals surface area contributed by atoms with Crippen LogP contribution in [-0.2, 0) is 0 Å². The first kappa shape index (κ1) is 14.2. The van der Waals surface area contributed by atoms with Crippen molar-refractivity contribution < 1.29 is 0 Å². The van der Waals surface area contributed by atoms with Gasteiger partial charge in [0.1, 0.15) is 5.82 Å². The zero-order chi connectivity index (χ0) is 16.0. The minimum Gasteiger partial charge on any atom is -0.299 e. The molecule has 0 unspecified atom stereocenters. The van der Waals surface area contributed by atoms with Crippen LogP contribution in [0.3, 0.4) is 0 Å². The van der Waals surface area contributed by atoms with E-state index in [0.29, 0.717) is 0 Å². The van der Waals surface area contributed by atoms with Crippen LogP contribution in [0.15, 0.2) is 48.8 Å². The Hall–Kier alpha value is -2.46. The lowest BCUT2D eigenvalue weighted by molar-refractivity contribution is 1.03. The summed E-state index contributed by atoms with van der Waals surface area (Å²) in [6, 6.07) is 12.8. The molecule has 114 valence electrons. The van der Waals surface area contributed by atoms with Crippen molar-refractivity contribution in [3.63, 3.8) is 0 Å². The molecule has 0 atom stereocenters. The fourth-order valence-corrected chi connectivity index (χ4v) is 3.87. The number of thiazole rings is 1. The Morgan fingerprint density at radius 3 is 2.57 bits per heavy atom. The molecule has 3 nitrogen and oxygen atoms in total. The molecule has 2 heterocycles. The van der Waals surface area contributed by atoms with Crippen molar-refractivity contribution in [3.05, 3.63) is 64.9 Å². The lowest BCUT2D eigenvalue weighted by Gasteiger charge is -2.13. The molecule has 0 spiro atoms. The second kappa shape index (κ2) is 5.32. The summed E-state index contributed by atoms with van der Waals surface area (Å²) in [5.41, 5.74) is 5.83. The molecule has 0 radical (unpaired) electrons. The fraction of sp³-hybridized carbons (Fsp3) is 0.158. The van der Waals surface area contributed by atoms with Gasteiger partial charge in [-0.2, -0.15) is 0 Å². The molecule has 4 rings (SSSR count). The molecule has 0 N–H and O–H groups in total. The molecule has 0 aliphatic carbocycles. The highest BCUT2D eigenvalue weighted by molar-refractivity contribution is 7.18. The second-order valence-electron chi connectivity index (χ2n) is 5.78. The molecule has 0 amide bonds. The predicted octanol–water partition coefficient (Wildman–Crippen LogP) is 5.07. The van der Waals surface area contributed by atoms with Crippen molar-refractivity contribution in [2.45, 2.75) is 20.8 Å². The van der Waals surface area contributed by atoms with Gasteiger partial charge in [0, 0.05) is 18.0 Å². The topological polar surface area (TPSA) is 30.7 Å². The largest absolute Gasteiger partial charge is 0.299 e. The van der Waals surface area contributed by atoms with Crippen molar-refractivity contribution in [3.8, 4) is 17.1 Å². The Labute approximate surface area is 139 Å². The summed E-state index contributed by atoms with van der Waals surface area (Å²) < 4.78 is 3.39. The van der Waals surface area contributed by atoms with Crippen molar-refractivity contribution in [2.24, 2.45) is 0 Å². The summed E-state index contributed by atoms with van der Waals surface area (Å²) in [4.78, 5) is 9.20. The number of benzene rings is 2. The van der Waals surface area contributed by atoms with Gasteiger partial charge in [-0.25, -0.2) is 9.97 Å². The van der Waals surface area contributed by atoms with Crippen molar-refractivity contribution in [1.29, 1.82) is 0 Å². The smallest absolute Gasteiger partial charge is 0.144 e. The number of rotatable bonds is 2. The van der Waals surface area contributed by atoms with Crippen LogP contribution in [0.1, 0.15) is 16.1 Å². The lowest BCUT2D eigenvalue weighted by Crippen LogP contribution is -2.01. The van der Waals surface area contributed by atoms with Gasteiger partial charge in [-0.3, -0.25) is 4.57 Å². The Balaban J connectivity index is 1.91. The maximum Gasteiger partial charge on any atom is 0.144 e. The summed E-state index contributed by atoms with van der Waals surface area (Å²) in [5, 5.41) is 1.09. The Morgan fingerprint density at radius 1 is 1.00 bits per heavy atom. The highest BCUT2D eigenvalue weighted by Crippen LogP contribution is 2.29. The van der Waals surface area contributed by atoms with Crippen molar-refractivity contribution in [1.82, 2.24) is 14.5 Å². The minimum atomic E-state index is 0.954. The van der Waals surface area contributed by atoms with Crippen LogP contribution in [0.4, 0.5) is 0 Å². The average Bonchev–Trinajstić information content (AvgIpc) is 3.11. The standard InChI is InChI=1S/C19H17N3S/c1-12-5-4-6-13(2)18(12)22-10-9-20-19(22)15-7-8-17-16(11-15)21-14(3)23-17/h4-11H,1-3H3. The monoisotopic (exact) mass is 319 g/mol. The highest BCUT2D eigenvalue weighted by atomic mass is 32.1. The van der Waals surface area contributed by atoms with Crippen molar-refractivity contribution in [2.75, 3.05) is 0 Å². The van der Waals surface area contributed by atoms with Gasteiger partial charge in [0.05, 0.1) is 20.9 Å². The molecule has 0 saturated heterocycles. The van der Waals surface area contributed by atoms with Gasteiger partial charge in [0.15, 0.2) is 0 Å². The Kier molecular flexibility index (Phi) is 3.27. The third-order valence-corrected chi connectivity index (χ3v) is 5.03. The van der Waals surface area contributed by atoms with E-state index in [9.17, 15) is 0 Å². The zero-order valence-electron chi connectivity index (χ0n) is 13.4. The van der Waals surface area contributed by atoms with Gasteiger partial charge in [0.2, 0.25) is 0 Å². The van der Waals surface area contributed by atoms with Gasteiger partial charge in [-0.15, -0.1) is 11.3 Å². The van der Waals surface area contributed by atoms with Crippen LogP contribution in [0, 0.1) is 20.8 Å². The number of para-hydroxylation sites is 1. The number of hydrogen-bond acceptors (Lipinski definition) is 3. The molecule has 0 bridgehead atoms. The normalized spacial score (nSPS) is 11.3. The second-order valence-corrected chi connectivity index (χ2v) is 7.01. The SMILES string of the molecule is Cc1nc2cc(-c3nccn3-c3c(C)cccc3C)ccc2s1. The maximum atomic E-state index is 4.60. The van der Waals surface area contributed by atoms with Gasteiger partial charge in [-0.05, 0) is 50.1 Å². The van der Waals surface area contributed by atoms with Crippen LogP contribution in [0.25, 0.3) is 27.3 Å². The van der Waals surface area contributed by atoms with Crippen LogP contribution in [0.2, 0.25) is 0 Å². The quantitative estimate of drug-likeness (QED) is 0.516. The lowest BCUT2D eigenvalue weighted by atomic mass is 10.1. The first-order chi connectivity index (χ1) is 11.1. The van der Waals surface area contributed by atoms with Crippen LogP contribution >= 0.6 is 11.3 Å². The predicted molar refractivity (Wildman–Crippen MR) is 96.4 cm³/mol. The minimum absolute atomic E-state index is 0.954. The summed E-state index contributed by atoms with van der Waals surface area (Å²) in [6.45, 7) is 6.32. The van der Waals surface area contributed by atoms with E-state index >= 15 is 0 Å². The molecule has 4 heteroatoms. The summed E-state index contributed by atoms with van der Waals surface area (Å²) in [5.74, 6) is 0.954. The van der Waals surface area contributed by atoms with E-state index < -0.39 is 0 Å². The van der Waals surface area contributed by atoms with Gasteiger partial charge >= 0.3 is 0 Å². The first-order valence-corrected chi connectivity index (χ1v) is 8.42. The van der Waals surface area contributed by atoms with E-state index in [1.165, 1.54) is 21.5 Å². The molecular weight excluding hydrogens is 302 g/mol. The summed E-state index contributed by atoms with van der Waals surface area (Å²) in [6.07, 6.45) is 3.89. The molecule has 2 aromatic carbocycles. The van der Waals surface area contributed by atoms with Gasteiger partial charge in [-0.1, -0.05) is 18.2 Å². The molecular formula is C19H17N3S. The third-order valence-electron chi connectivity index (χ3n) is 4.07. The number of fused-ring (bicyclic) bond motifs is 1. The van der Waals surface area contributed by atoms with E-state index in [0.717, 1.165) is 21.9 Å². The van der Waals surface area contributed by atoms with E-state index in [1.807, 2.05) is 19.3 Å². The maximum absolute atomic E-state index is 4.60. The summed E-state index contributed by atoms with van der Waals surface area (Å²) in [7, 11) is 0. The fourth-order valence-electron chi connectivity index (χ4n) is 3.06. The van der Waals surface area contributed by atoms with Crippen LogP contribution < -0.4 is 0 Å². The molecule has 0 aliphatic rings. The third kappa shape index (κ3) is 2.35. The molecule has 2 aromatic heterocycles. The molecule has 23 heavy (non-hydrogen) atoms. The molecule has 0 aliphatic heterocycles. The van der Waals surface area contributed by atoms with Crippen LogP contribution in [-0.4, -0.2) is 14.5 Å². The molecule has 0 fully saturated rings.